The number of aromatic amines is 2. The van der Waals surface area contributed by atoms with Gasteiger partial charge in [0.05, 0.1) is 34.8 Å². The molecular weight excluding hydrogens is 618 g/mol. The summed E-state index contributed by atoms with van der Waals surface area (Å²) in [6, 6.07) is 23.1. The minimum atomic E-state index is -3.74. The highest BCUT2D eigenvalue weighted by molar-refractivity contribution is 7.92. The molecule has 0 saturated heterocycles. The van der Waals surface area contributed by atoms with Crippen molar-refractivity contribution in [1.29, 1.82) is 0 Å². The maximum Gasteiger partial charge on any atom is 0.264 e. The van der Waals surface area contributed by atoms with Gasteiger partial charge in [-0.15, -0.1) is 0 Å². The summed E-state index contributed by atoms with van der Waals surface area (Å²) in [6.45, 7) is 6.86. The first kappa shape index (κ1) is 33.4. The summed E-state index contributed by atoms with van der Waals surface area (Å²) in [6.07, 6.45) is 3.62. The SMILES string of the molecule is CC(NC(=O)c1ccc(-c2cn(CCC(C)(C)NC[C@H](O)c3cccc(NS(=O)(=O)c4ccccc4)c3)cn2)cc1)c1cc(=O)[nH][nH]1. The number of aryl methyl sites for hydroxylation is 1. The Morgan fingerprint density at radius 3 is 2.45 bits per heavy atom. The molecule has 0 aliphatic carbocycles. The number of imidazole rings is 1. The van der Waals surface area contributed by atoms with Gasteiger partial charge in [-0.05, 0) is 69.2 Å². The number of sulfonamides is 1. The van der Waals surface area contributed by atoms with E-state index in [-0.39, 0.29) is 34.5 Å². The van der Waals surface area contributed by atoms with E-state index in [4.69, 9.17) is 0 Å². The molecule has 0 saturated carbocycles. The largest absolute Gasteiger partial charge is 0.387 e. The molecule has 0 aliphatic rings. The van der Waals surface area contributed by atoms with Gasteiger partial charge < -0.3 is 25.4 Å². The molecule has 1 amide bonds. The van der Waals surface area contributed by atoms with E-state index < -0.39 is 16.1 Å². The van der Waals surface area contributed by atoms with Crippen LogP contribution in [0.2, 0.25) is 0 Å². The van der Waals surface area contributed by atoms with Crippen LogP contribution in [-0.4, -0.2) is 51.3 Å². The van der Waals surface area contributed by atoms with Gasteiger partial charge in [0, 0.05) is 47.7 Å². The Kier molecular flexibility index (Phi) is 10.1. The zero-order valence-corrected chi connectivity index (χ0v) is 27.2. The predicted octanol–water partition coefficient (Wildman–Crippen LogP) is 4.35. The molecule has 2 atom stereocenters. The molecule has 2 aromatic heterocycles. The number of aliphatic hydroxyl groups excluding tert-OH is 1. The number of carbonyl (C=O) groups excluding carboxylic acids is 1. The van der Waals surface area contributed by atoms with E-state index in [2.05, 4.69) is 44.4 Å². The number of β-amino-alcohol motifs (C(OH)–C–C–N with tert-alkyl or cyclic N) is 1. The first-order valence-corrected chi connectivity index (χ1v) is 16.7. The maximum absolute atomic E-state index is 12.7. The van der Waals surface area contributed by atoms with Gasteiger partial charge >= 0.3 is 0 Å². The number of carbonyl (C=O) groups is 1. The van der Waals surface area contributed by atoms with Crippen LogP contribution in [0.3, 0.4) is 0 Å². The third-order valence-corrected chi connectivity index (χ3v) is 9.25. The van der Waals surface area contributed by atoms with Crippen molar-refractivity contribution in [2.24, 2.45) is 0 Å². The fraction of sp³-hybridized carbons (Fsp3) is 0.265. The number of anilines is 1. The van der Waals surface area contributed by atoms with E-state index >= 15 is 0 Å². The molecule has 0 bridgehead atoms. The molecule has 246 valence electrons. The van der Waals surface area contributed by atoms with Gasteiger partial charge in [0.15, 0.2) is 0 Å². The zero-order chi connectivity index (χ0) is 33.6. The van der Waals surface area contributed by atoms with E-state index in [1.165, 1.54) is 18.2 Å². The van der Waals surface area contributed by atoms with E-state index in [0.717, 1.165) is 17.7 Å². The Balaban J connectivity index is 1.11. The quantitative estimate of drug-likeness (QED) is 0.103. The van der Waals surface area contributed by atoms with Crippen molar-refractivity contribution in [3.8, 4) is 11.3 Å². The molecule has 2 heterocycles. The van der Waals surface area contributed by atoms with Crippen molar-refractivity contribution in [2.75, 3.05) is 11.3 Å². The number of hydrogen-bond donors (Lipinski definition) is 6. The molecule has 1 unspecified atom stereocenters. The number of rotatable bonds is 14. The van der Waals surface area contributed by atoms with Gasteiger partial charge in [0.2, 0.25) is 0 Å². The van der Waals surface area contributed by atoms with Crippen molar-refractivity contribution in [3.63, 3.8) is 0 Å². The van der Waals surface area contributed by atoms with Crippen molar-refractivity contribution in [3.05, 3.63) is 125 Å². The predicted molar refractivity (Wildman–Crippen MR) is 180 cm³/mol. The highest BCUT2D eigenvalue weighted by Crippen LogP contribution is 2.23. The van der Waals surface area contributed by atoms with Crippen LogP contribution < -0.4 is 20.9 Å². The van der Waals surface area contributed by atoms with Crippen LogP contribution in [0.15, 0.2) is 107 Å². The summed E-state index contributed by atoms with van der Waals surface area (Å²) < 4.78 is 30.0. The Bertz CT molecular complexity index is 1970. The Morgan fingerprint density at radius 1 is 1.00 bits per heavy atom. The van der Waals surface area contributed by atoms with E-state index in [0.29, 0.717) is 29.1 Å². The van der Waals surface area contributed by atoms with Crippen molar-refractivity contribution < 1.29 is 18.3 Å². The summed E-state index contributed by atoms with van der Waals surface area (Å²) in [5, 5.41) is 22.4. The molecule has 5 aromatic rings. The second kappa shape index (κ2) is 14.2. The lowest BCUT2D eigenvalue weighted by atomic mass is 9.99. The fourth-order valence-electron chi connectivity index (χ4n) is 4.97. The smallest absolute Gasteiger partial charge is 0.264 e. The van der Waals surface area contributed by atoms with Crippen molar-refractivity contribution in [2.45, 2.75) is 56.3 Å². The molecule has 13 heteroatoms. The van der Waals surface area contributed by atoms with Gasteiger partial charge in [0.25, 0.3) is 21.5 Å². The first-order valence-electron chi connectivity index (χ1n) is 15.2. The molecule has 6 N–H and O–H groups in total. The van der Waals surface area contributed by atoms with Crippen molar-refractivity contribution in [1.82, 2.24) is 30.4 Å². The molecule has 5 rings (SSSR count). The summed E-state index contributed by atoms with van der Waals surface area (Å²) >= 11 is 0. The van der Waals surface area contributed by atoms with Crippen LogP contribution in [0.4, 0.5) is 5.69 Å². The monoisotopic (exact) mass is 657 g/mol. The molecule has 0 aliphatic heterocycles. The fourth-order valence-corrected chi connectivity index (χ4v) is 6.04. The topological polar surface area (TPSA) is 174 Å². The number of benzene rings is 3. The Morgan fingerprint density at radius 2 is 1.74 bits per heavy atom. The van der Waals surface area contributed by atoms with Gasteiger partial charge in [-0.25, -0.2) is 13.4 Å². The number of aromatic nitrogens is 4. The van der Waals surface area contributed by atoms with Gasteiger partial charge in [0.1, 0.15) is 0 Å². The third-order valence-electron chi connectivity index (χ3n) is 7.85. The molecule has 12 nitrogen and oxygen atoms in total. The number of amides is 1. The highest BCUT2D eigenvalue weighted by atomic mass is 32.2. The Hall–Kier alpha value is -4.98. The van der Waals surface area contributed by atoms with Gasteiger partial charge in [-0.2, -0.15) is 0 Å². The number of nitrogens with zero attached hydrogens (tertiary/aromatic N) is 2. The summed E-state index contributed by atoms with van der Waals surface area (Å²) in [4.78, 5) is 28.7. The van der Waals surface area contributed by atoms with Crippen LogP contribution in [-0.2, 0) is 16.6 Å². The average Bonchev–Trinajstić information content (AvgIpc) is 3.73. The Labute approximate surface area is 273 Å². The van der Waals surface area contributed by atoms with E-state index in [9.17, 15) is 23.1 Å². The summed E-state index contributed by atoms with van der Waals surface area (Å²) in [5.74, 6) is -0.253. The van der Waals surface area contributed by atoms with Crippen LogP contribution >= 0.6 is 0 Å². The van der Waals surface area contributed by atoms with Crippen LogP contribution in [0, 0.1) is 0 Å². The van der Waals surface area contributed by atoms with Crippen LogP contribution in [0.25, 0.3) is 11.3 Å². The van der Waals surface area contributed by atoms with Crippen molar-refractivity contribution >= 4 is 21.6 Å². The number of H-pyrrole nitrogens is 2. The standard InChI is InChI=1S/C34H39N7O5S/c1-23(29-19-32(43)39-38-29)37-33(44)25-14-12-24(13-15-25)30-21-41(22-35-30)17-16-34(2,3)36-20-31(42)26-8-7-9-27(18-26)40-47(45,46)28-10-5-4-6-11-28/h4-15,18-19,21-23,31,36,40,42H,16-17,20H2,1-3H3,(H,37,44)(H2,38,39,43)/t23?,31-/m0/s1. The average molecular weight is 658 g/mol. The van der Waals surface area contributed by atoms with E-state index in [1.54, 1.807) is 67.8 Å². The lowest BCUT2D eigenvalue weighted by Gasteiger charge is -2.28. The first-order chi connectivity index (χ1) is 22.4. The highest BCUT2D eigenvalue weighted by Gasteiger charge is 2.21. The minimum Gasteiger partial charge on any atom is -0.387 e. The van der Waals surface area contributed by atoms with Gasteiger partial charge in [-0.3, -0.25) is 19.4 Å². The van der Waals surface area contributed by atoms with Crippen LogP contribution in [0.1, 0.15) is 61.0 Å². The molecule has 0 spiro atoms. The summed E-state index contributed by atoms with van der Waals surface area (Å²) in [5.41, 5.74) is 3.13. The maximum atomic E-state index is 12.7. The zero-order valence-electron chi connectivity index (χ0n) is 26.4. The minimum absolute atomic E-state index is 0.164. The van der Waals surface area contributed by atoms with Crippen LogP contribution in [0.5, 0.6) is 0 Å². The molecule has 3 aromatic carbocycles. The second-order valence-electron chi connectivity index (χ2n) is 12.1. The van der Waals surface area contributed by atoms with Gasteiger partial charge in [-0.1, -0.05) is 42.5 Å². The normalized spacial score (nSPS) is 13.2. The lowest BCUT2D eigenvalue weighted by Crippen LogP contribution is -2.42. The second-order valence-corrected chi connectivity index (χ2v) is 13.7. The molecular formula is C34H39N7O5S. The molecule has 0 radical (unpaired) electrons. The summed E-state index contributed by atoms with van der Waals surface area (Å²) in [7, 11) is -3.74. The van der Waals surface area contributed by atoms with E-state index in [1.807, 2.05) is 22.9 Å². The third kappa shape index (κ3) is 8.85. The number of nitrogens with one attached hydrogen (secondary N) is 5. The molecule has 47 heavy (non-hydrogen) atoms. The number of aliphatic hydroxyl groups is 1. The molecule has 0 fully saturated rings. The lowest BCUT2D eigenvalue weighted by molar-refractivity contribution is 0.0939. The number of hydrogen-bond acceptors (Lipinski definition) is 7.